The van der Waals surface area contributed by atoms with Crippen LogP contribution in [0.3, 0.4) is 0 Å². The first-order valence-corrected chi connectivity index (χ1v) is 4.89. The Balaban J connectivity index is 2.09. The molecule has 1 aromatic rings. The van der Waals surface area contributed by atoms with Gasteiger partial charge in [0.15, 0.2) is 0 Å². The van der Waals surface area contributed by atoms with Gasteiger partial charge in [-0.2, -0.15) is 0 Å². The first kappa shape index (κ1) is 9.49. The normalized spacial score (nSPS) is 23.6. The second-order valence-corrected chi connectivity index (χ2v) is 3.74. The van der Waals surface area contributed by atoms with E-state index in [-0.39, 0.29) is 11.8 Å². The molecule has 0 aliphatic carbocycles. The Labute approximate surface area is 83.5 Å². The smallest absolute Gasteiger partial charge is 0.115 e. The summed E-state index contributed by atoms with van der Waals surface area (Å²) in [5.74, 6) is 0.697. The number of phenolic OH excluding ortho intramolecular Hbond substituents is 1. The Morgan fingerprint density at radius 3 is 2.64 bits per heavy atom. The molecule has 76 valence electrons. The predicted molar refractivity (Wildman–Crippen MR) is 54.0 cm³/mol. The molecule has 1 fully saturated rings. The first-order chi connectivity index (χ1) is 6.77. The van der Waals surface area contributed by atoms with E-state index < -0.39 is 0 Å². The summed E-state index contributed by atoms with van der Waals surface area (Å²) in [7, 11) is 0. The van der Waals surface area contributed by atoms with Gasteiger partial charge in [-0.05, 0) is 24.1 Å². The maximum absolute atomic E-state index is 9.14. The van der Waals surface area contributed by atoms with Crippen molar-refractivity contribution in [1.82, 2.24) is 0 Å². The molecule has 3 nitrogen and oxygen atoms in total. The summed E-state index contributed by atoms with van der Waals surface area (Å²) in [6.45, 7) is 1.57. The molecule has 0 bridgehead atoms. The lowest BCUT2D eigenvalue weighted by molar-refractivity contribution is 0.181. The Kier molecular flexibility index (Phi) is 2.70. The summed E-state index contributed by atoms with van der Waals surface area (Å²) in [5.41, 5.74) is 7.16. The predicted octanol–water partition coefficient (Wildman–Crippen LogP) is 1.43. The Morgan fingerprint density at radius 2 is 2.07 bits per heavy atom. The SMILES string of the molecule is NC(c1ccc(O)cc1)C1CCOC1. The maximum Gasteiger partial charge on any atom is 0.115 e. The molecule has 1 aliphatic heterocycles. The number of rotatable bonds is 2. The molecule has 1 aliphatic rings. The first-order valence-electron chi connectivity index (χ1n) is 4.89. The second-order valence-electron chi connectivity index (χ2n) is 3.74. The number of nitrogens with two attached hydrogens (primary N) is 1. The Hall–Kier alpha value is -1.06. The molecule has 0 saturated carbocycles. The van der Waals surface area contributed by atoms with Crippen LogP contribution in [0.5, 0.6) is 5.75 Å². The standard InChI is InChI=1S/C11H15NO2/c12-11(9-5-6-14-7-9)8-1-3-10(13)4-2-8/h1-4,9,11,13H,5-7,12H2. The Bertz CT molecular complexity index is 291. The summed E-state index contributed by atoms with van der Waals surface area (Å²) in [6, 6.07) is 7.12. The fourth-order valence-corrected chi connectivity index (χ4v) is 1.80. The van der Waals surface area contributed by atoms with E-state index in [4.69, 9.17) is 15.6 Å². The minimum atomic E-state index is 0.0260. The molecular formula is C11H15NO2. The molecule has 3 N–H and O–H groups in total. The van der Waals surface area contributed by atoms with Gasteiger partial charge in [-0.25, -0.2) is 0 Å². The van der Waals surface area contributed by atoms with Crippen LogP contribution in [0.25, 0.3) is 0 Å². The highest BCUT2D eigenvalue weighted by Crippen LogP contribution is 2.27. The van der Waals surface area contributed by atoms with Gasteiger partial charge in [0.25, 0.3) is 0 Å². The minimum absolute atomic E-state index is 0.0260. The van der Waals surface area contributed by atoms with Crippen LogP contribution < -0.4 is 5.73 Å². The monoisotopic (exact) mass is 193 g/mol. The Morgan fingerprint density at radius 1 is 1.36 bits per heavy atom. The van der Waals surface area contributed by atoms with Crippen molar-refractivity contribution < 1.29 is 9.84 Å². The van der Waals surface area contributed by atoms with Crippen molar-refractivity contribution in [2.75, 3.05) is 13.2 Å². The van der Waals surface area contributed by atoms with Gasteiger partial charge in [-0.15, -0.1) is 0 Å². The summed E-state index contributed by atoms with van der Waals surface area (Å²) in [6.07, 6.45) is 1.03. The van der Waals surface area contributed by atoms with Crippen molar-refractivity contribution in [2.24, 2.45) is 11.7 Å². The van der Waals surface area contributed by atoms with Gasteiger partial charge >= 0.3 is 0 Å². The summed E-state index contributed by atoms with van der Waals surface area (Å²) >= 11 is 0. The van der Waals surface area contributed by atoms with Gasteiger partial charge in [-0.3, -0.25) is 0 Å². The lowest BCUT2D eigenvalue weighted by Crippen LogP contribution is -2.21. The topological polar surface area (TPSA) is 55.5 Å². The molecule has 1 saturated heterocycles. The molecule has 0 amide bonds. The molecule has 0 spiro atoms. The van der Waals surface area contributed by atoms with Crippen LogP contribution in [0, 0.1) is 5.92 Å². The molecule has 2 rings (SSSR count). The lowest BCUT2D eigenvalue weighted by Gasteiger charge is -2.17. The van der Waals surface area contributed by atoms with Crippen molar-refractivity contribution in [3.63, 3.8) is 0 Å². The number of ether oxygens (including phenoxy) is 1. The van der Waals surface area contributed by atoms with Crippen LogP contribution in [-0.2, 0) is 4.74 Å². The van der Waals surface area contributed by atoms with E-state index in [0.29, 0.717) is 5.92 Å². The molecule has 0 aromatic heterocycles. The molecular weight excluding hydrogens is 178 g/mol. The van der Waals surface area contributed by atoms with Crippen LogP contribution in [0.1, 0.15) is 18.0 Å². The molecule has 14 heavy (non-hydrogen) atoms. The number of phenols is 1. The zero-order chi connectivity index (χ0) is 9.97. The average molecular weight is 193 g/mol. The van der Waals surface area contributed by atoms with E-state index >= 15 is 0 Å². The lowest BCUT2D eigenvalue weighted by atomic mass is 9.93. The number of hydrogen-bond acceptors (Lipinski definition) is 3. The highest BCUT2D eigenvalue weighted by molar-refractivity contribution is 5.28. The van der Waals surface area contributed by atoms with E-state index in [1.807, 2.05) is 12.1 Å². The fraction of sp³-hybridized carbons (Fsp3) is 0.455. The zero-order valence-electron chi connectivity index (χ0n) is 8.02. The average Bonchev–Trinajstić information content (AvgIpc) is 2.71. The van der Waals surface area contributed by atoms with Crippen LogP contribution >= 0.6 is 0 Å². The number of aromatic hydroxyl groups is 1. The van der Waals surface area contributed by atoms with Gasteiger partial charge in [0.1, 0.15) is 5.75 Å². The molecule has 2 atom stereocenters. The van der Waals surface area contributed by atoms with Crippen molar-refractivity contribution in [1.29, 1.82) is 0 Å². The zero-order valence-corrected chi connectivity index (χ0v) is 8.02. The van der Waals surface area contributed by atoms with Crippen LogP contribution in [-0.4, -0.2) is 18.3 Å². The molecule has 0 radical (unpaired) electrons. The van der Waals surface area contributed by atoms with E-state index in [0.717, 1.165) is 25.2 Å². The molecule has 3 heteroatoms. The number of hydrogen-bond donors (Lipinski definition) is 2. The van der Waals surface area contributed by atoms with E-state index in [1.54, 1.807) is 12.1 Å². The minimum Gasteiger partial charge on any atom is -0.508 e. The van der Waals surface area contributed by atoms with Crippen molar-refractivity contribution in [3.05, 3.63) is 29.8 Å². The third-order valence-corrected chi connectivity index (χ3v) is 2.75. The van der Waals surface area contributed by atoms with E-state index in [1.165, 1.54) is 0 Å². The van der Waals surface area contributed by atoms with Gasteiger partial charge in [-0.1, -0.05) is 12.1 Å². The van der Waals surface area contributed by atoms with E-state index in [2.05, 4.69) is 0 Å². The van der Waals surface area contributed by atoms with Gasteiger partial charge in [0, 0.05) is 18.6 Å². The molecule has 1 aromatic carbocycles. The highest BCUT2D eigenvalue weighted by atomic mass is 16.5. The van der Waals surface area contributed by atoms with Crippen LogP contribution in [0.2, 0.25) is 0 Å². The largest absolute Gasteiger partial charge is 0.508 e. The fourth-order valence-electron chi connectivity index (χ4n) is 1.80. The van der Waals surface area contributed by atoms with Crippen molar-refractivity contribution in [2.45, 2.75) is 12.5 Å². The summed E-state index contributed by atoms with van der Waals surface area (Å²) in [4.78, 5) is 0. The van der Waals surface area contributed by atoms with Crippen LogP contribution in [0.4, 0.5) is 0 Å². The van der Waals surface area contributed by atoms with Crippen LogP contribution in [0.15, 0.2) is 24.3 Å². The quantitative estimate of drug-likeness (QED) is 0.747. The van der Waals surface area contributed by atoms with Gasteiger partial charge < -0.3 is 15.6 Å². The van der Waals surface area contributed by atoms with Crippen molar-refractivity contribution in [3.8, 4) is 5.75 Å². The van der Waals surface area contributed by atoms with Gasteiger partial charge in [0.2, 0.25) is 0 Å². The van der Waals surface area contributed by atoms with E-state index in [9.17, 15) is 0 Å². The second kappa shape index (κ2) is 3.98. The molecule has 1 heterocycles. The molecule has 2 unspecified atom stereocenters. The number of benzene rings is 1. The van der Waals surface area contributed by atoms with Gasteiger partial charge in [0.05, 0.1) is 6.61 Å². The summed E-state index contributed by atoms with van der Waals surface area (Å²) < 4.78 is 5.29. The maximum atomic E-state index is 9.14. The van der Waals surface area contributed by atoms with Crippen molar-refractivity contribution >= 4 is 0 Å². The highest BCUT2D eigenvalue weighted by Gasteiger charge is 2.23. The third-order valence-electron chi connectivity index (χ3n) is 2.75. The summed E-state index contributed by atoms with van der Waals surface area (Å²) in [5, 5.41) is 9.14. The third kappa shape index (κ3) is 1.89.